The average molecular weight is 498 g/mol. The zero-order valence-electron chi connectivity index (χ0n) is 20.1. The molecule has 0 radical (unpaired) electrons. The number of hydrogen-bond acceptors (Lipinski definition) is 6. The van der Waals surface area contributed by atoms with Gasteiger partial charge in [0.15, 0.2) is 5.76 Å². The Kier molecular flexibility index (Phi) is 6.41. The van der Waals surface area contributed by atoms with Gasteiger partial charge >= 0.3 is 0 Å². The molecule has 2 aromatic heterocycles. The molecule has 5 rings (SSSR count). The van der Waals surface area contributed by atoms with E-state index in [0.717, 1.165) is 13.1 Å². The third-order valence-corrected chi connectivity index (χ3v) is 8.92. The third kappa shape index (κ3) is 4.60. The number of piperazine rings is 1. The number of aryl methyl sites for hydroxylation is 1. The number of piperidine rings is 1. The Morgan fingerprint density at radius 3 is 2.60 bits per heavy atom. The smallest absolute Gasteiger partial charge is 0.276 e. The lowest BCUT2D eigenvalue weighted by Crippen LogP contribution is -2.53. The van der Waals surface area contributed by atoms with Crippen LogP contribution >= 0.6 is 0 Å². The van der Waals surface area contributed by atoms with Crippen molar-refractivity contribution < 1.29 is 17.6 Å². The number of carbonyl (C=O) groups is 1. The molecule has 4 heterocycles. The number of aromatic nitrogens is 2. The van der Waals surface area contributed by atoms with Crippen LogP contribution in [0.2, 0.25) is 0 Å². The van der Waals surface area contributed by atoms with Crippen LogP contribution in [0.5, 0.6) is 0 Å². The fourth-order valence-corrected chi connectivity index (χ4v) is 6.43. The predicted molar refractivity (Wildman–Crippen MR) is 132 cm³/mol. The minimum absolute atomic E-state index is 0.0445. The molecule has 3 aromatic rings. The van der Waals surface area contributed by atoms with Gasteiger partial charge in [-0.15, -0.1) is 0 Å². The zero-order chi connectivity index (χ0) is 24.6. The van der Waals surface area contributed by atoms with E-state index in [9.17, 15) is 13.2 Å². The molecule has 0 saturated carbocycles. The van der Waals surface area contributed by atoms with Gasteiger partial charge in [-0.3, -0.25) is 9.89 Å². The van der Waals surface area contributed by atoms with Crippen molar-refractivity contribution in [3.63, 3.8) is 0 Å². The van der Waals surface area contributed by atoms with Crippen molar-refractivity contribution in [2.75, 3.05) is 44.2 Å². The first-order valence-electron chi connectivity index (χ1n) is 12.0. The predicted octanol–water partition coefficient (Wildman–Crippen LogP) is 3.04. The highest BCUT2D eigenvalue weighted by Gasteiger charge is 2.37. The number of benzene rings is 1. The number of sulfonamides is 1. The van der Waals surface area contributed by atoms with E-state index in [1.54, 1.807) is 18.3 Å². The Balaban J connectivity index is 1.23. The molecule has 2 fully saturated rings. The van der Waals surface area contributed by atoms with Crippen molar-refractivity contribution >= 4 is 21.6 Å². The van der Waals surface area contributed by atoms with Crippen LogP contribution in [0, 0.1) is 19.8 Å². The van der Waals surface area contributed by atoms with Crippen molar-refractivity contribution in [3.05, 3.63) is 53.7 Å². The second-order valence-corrected chi connectivity index (χ2v) is 11.2. The van der Waals surface area contributed by atoms with Crippen molar-refractivity contribution in [3.8, 4) is 11.5 Å². The zero-order valence-corrected chi connectivity index (χ0v) is 20.9. The van der Waals surface area contributed by atoms with Crippen LogP contribution in [-0.4, -0.2) is 73.0 Å². The summed E-state index contributed by atoms with van der Waals surface area (Å²) in [7, 11) is -3.83. The van der Waals surface area contributed by atoms with Gasteiger partial charge in [0.05, 0.1) is 5.92 Å². The van der Waals surface area contributed by atoms with Crippen LogP contribution in [0.4, 0.5) is 5.69 Å². The number of anilines is 1. The van der Waals surface area contributed by atoms with Crippen molar-refractivity contribution in [1.29, 1.82) is 0 Å². The average Bonchev–Trinajstić information content (AvgIpc) is 3.58. The normalized spacial score (nSPS) is 19.8. The van der Waals surface area contributed by atoms with Gasteiger partial charge in [-0.05, 0) is 62.1 Å². The molecule has 35 heavy (non-hydrogen) atoms. The molecule has 0 unspecified atom stereocenters. The second kappa shape index (κ2) is 9.50. The Morgan fingerprint density at radius 2 is 1.86 bits per heavy atom. The number of aromatic amines is 1. The summed E-state index contributed by atoms with van der Waals surface area (Å²) in [6, 6.07) is 11.1. The molecular weight excluding hydrogens is 466 g/mol. The number of carbonyl (C=O) groups excluding carboxylic acids is 1. The number of nitrogens with one attached hydrogen (secondary N) is 1. The number of nitrogens with zero attached hydrogens (tertiary/aromatic N) is 4. The molecule has 0 bridgehead atoms. The van der Waals surface area contributed by atoms with E-state index in [0.29, 0.717) is 43.9 Å². The third-order valence-electron chi connectivity index (χ3n) is 7.18. The summed E-state index contributed by atoms with van der Waals surface area (Å²) in [4.78, 5) is 17.6. The molecule has 1 aromatic carbocycles. The molecule has 186 valence electrons. The minimum Gasteiger partial charge on any atom is -0.442 e. The maximum atomic E-state index is 13.3. The van der Waals surface area contributed by atoms with Gasteiger partial charge in [0.25, 0.3) is 10.0 Å². The van der Waals surface area contributed by atoms with Gasteiger partial charge in [0, 0.05) is 51.2 Å². The summed E-state index contributed by atoms with van der Waals surface area (Å²) in [5.41, 5.74) is 4.37. The van der Waals surface area contributed by atoms with Gasteiger partial charge in [0.2, 0.25) is 11.0 Å². The maximum absolute atomic E-state index is 13.3. The van der Waals surface area contributed by atoms with Crippen LogP contribution < -0.4 is 4.90 Å². The van der Waals surface area contributed by atoms with Crippen LogP contribution in [0.25, 0.3) is 11.5 Å². The molecule has 2 saturated heterocycles. The molecular formula is C25H31N5O4S. The number of furan rings is 1. The summed E-state index contributed by atoms with van der Waals surface area (Å²) >= 11 is 0. The molecule has 10 heteroatoms. The molecule has 1 atom stereocenters. The highest BCUT2D eigenvalue weighted by molar-refractivity contribution is 7.89. The fourth-order valence-electron chi connectivity index (χ4n) is 4.99. The quantitative estimate of drug-likeness (QED) is 0.581. The molecule has 0 spiro atoms. The molecule has 1 N–H and O–H groups in total. The molecule has 2 aliphatic heterocycles. The lowest BCUT2D eigenvalue weighted by atomic mass is 9.97. The van der Waals surface area contributed by atoms with Gasteiger partial charge in [-0.1, -0.05) is 12.1 Å². The molecule has 2 aliphatic rings. The highest BCUT2D eigenvalue weighted by Crippen LogP contribution is 2.29. The van der Waals surface area contributed by atoms with E-state index < -0.39 is 10.0 Å². The first-order chi connectivity index (χ1) is 16.8. The van der Waals surface area contributed by atoms with E-state index in [1.165, 1.54) is 27.2 Å². The Bertz CT molecular complexity index is 1290. The van der Waals surface area contributed by atoms with Crippen LogP contribution in [-0.2, 0) is 14.8 Å². The largest absolute Gasteiger partial charge is 0.442 e. The van der Waals surface area contributed by atoms with E-state index >= 15 is 0 Å². The van der Waals surface area contributed by atoms with E-state index in [2.05, 4.69) is 47.1 Å². The van der Waals surface area contributed by atoms with Crippen LogP contribution in [0.3, 0.4) is 0 Å². The van der Waals surface area contributed by atoms with Crippen molar-refractivity contribution in [2.45, 2.75) is 31.8 Å². The summed E-state index contributed by atoms with van der Waals surface area (Å²) in [6.45, 7) is 7.63. The van der Waals surface area contributed by atoms with Crippen molar-refractivity contribution in [2.24, 2.45) is 5.92 Å². The monoisotopic (exact) mass is 497 g/mol. The first kappa shape index (κ1) is 23.6. The number of hydrogen-bond donors (Lipinski definition) is 1. The summed E-state index contributed by atoms with van der Waals surface area (Å²) in [5.74, 6) is 0.114. The number of H-pyrrole nitrogens is 1. The SMILES string of the molecule is Cc1cccc(N2CCN(C(=O)[C@H]3CCCN(S(=O)(=O)c4ccc(-c5ccn[nH]5)o4)C3)CC2)c1C. The Labute approximate surface area is 205 Å². The summed E-state index contributed by atoms with van der Waals surface area (Å²) in [6.07, 6.45) is 2.92. The van der Waals surface area contributed by atoms with Crippen LogP contribution in [0.15, 0.2) is 52.1 Å². The summed E-state index contributed by atoms with van der Waals surface area (Å²) in [5, 5.41) is 6.53. The van der Waals surface area contributed by atoms with Gasteiger partial charge in [-0.25, -0.2) is 8.42 Å². The van der Waals surface area contributed by atoms with Crippen LogP contribution in [0.1, 0.15) is 24.0 Å². The Morgan fingerprint density at radius 1 is 1.06 bits per heavy atom. The van der Waals surface area contributed by atoms with Gasteiger partial charge < -0.3 is 14.2 Å². The van der Waals surface area contributed by atoms with Gasteiger partial charge in [-0.2, -0.15) is 9.40 Å². The van der Waals surface area contributed by atoms with E-state index in [4.69, 9.17) is 4.42 Å². The van der Waals surface area contributed by atoms with Crippen molar-refractivity contribution in [1.82, 2.24) is 19.4 Å². The fraction of sp³-hybridized carbons (Fsp3) is 0.440. The van der Waals surface area contributed by atoms with Gasteiger partial charge in [0.1, 0.15) is 5.69 Å². The lowest BCUT2D eigenvalue weighted by molar-refractivity contribution is -0.137. The first-order valence-corrected chi connectivity index (χ1v) is 13.5. The topological polar surface area (TPSA) is 103 Å². The molecule has 0 aliphatic carbocycles. The number of amides is 1. The standard InChI is InChI=1S/C25H31N5O4S/c1-18-5-3-7-22(19(18)2)28-13-15-29(16-14-28)25(31)20-6-4-12-30(17-20)35(32,33)24-9-8-23(34-24)21-10-11-26-27-21/h3,5,7-11,20H,4,6,12-17H2,1-2H3,(H,26,27)/t20-/m0/s1. The van der Waals surface area contributed by atoms with E-state index in [-0.39, 0.29) is 23.5 Å². The van der Waals surface area contributed by atoms with E-state index in [1.807, 2.05) is 4.90 Å². The minimum atomic E-state index is -3.83. The highest BCUT2D eigenvalue weighted by atomic mass is 32.2. The number of rotatable bonds is 5. The second-order valence-electron chi connectivity index (χ2n) is 9.32. The molecule has 9 nitrogen and oxygen atoms in total. The lowest BCUT2D eigenvalue weighted by Gasteiger charge is -2.39. The summed E-state index contributed by atoms with van der Waals surface area (Å²) < 4.78 is 33.5. The maximum Gasteiger partial charge on any atom is 0.276 e. The molecule has 1 amide bonds. The Hall–Kier alpha value is -3.11.